The molecule has 0 radical (unpaired) electrons. The third-order valence-corrected chi connectivity index (χ3v) is 5.79. The molecule has 0 atom stereocenters. The number of aryl methyl sites for hydroxylation is 2. The first kappa shape index (κ1) is 21.0. The van der Waals surface area contributed by atoms with Crippen molar-refractivity contribution in [2.75, 3.05) is 18.9 Å². The summed E-state index contributed by atoms with van der Waals surface area (Å²) in [7, 11) is 1.62. The Balaban J connectivity index is 1.60. The third kappa shape index (κ3) is 5.22. The fraction of sp³-hybridized carbons (Fsp3) is 0.227. The number of likely N-dealkylation sites (N-methyl/N-ethyl adjacent to an activating group) is 1. The van der Waals surface area contributed by atoms with E-state index in [1.54, 1.807) is 7.05 Å². The van der Waals surface area contributed by atoms with Gasteiger partial charge in [-0.1, -0.05) is 48.0 Å². The van der Waals surface area contributed by atoms with E-state index in [1.807, 2.05) is 61.7 Å². The number of benzene rings is 2. The highest BCUT2D eigenvalue weighted by molar-refractivity contribution is 7.13. The molecule has 3 aromatic rings. The Hall–Kier alpha value is -2.70. The fourth-order valence-corrected chi connectivity index (χ4v) is 4.07. The number of carbonyl (C=O) groups is 2. The number of amides is 2. The molecular weight excluding hydrogens is 406 g/mol. The molecule has 1 heterocycles. The summed E-state index contributed by atoms with van der Waals surface area (Å²) < 4.78 is 0. The predicted molar refractivity (Wildman–Crippen MR) is 118 cm³/mol. The minimum Gasteiger partial charge on any atom is -0.336 e. The SMILES string of the molecule is Cc1cccc(C)c1NC(=O)CN(C)C(=O)Cc1csc(-c2ccccc2Cl)n1. The topological polar surface area (TPSA) is 62.3 Å². The van der Waals surface area contributed by atoms with E-state index in [9.17, 15) is 9.59 Å². The molecule has 0 spiro atoms. The lowest BCUT2D eigenvalue weighted by atomic mass is 10.1. The van der Waals surface area contributed by atoms with Crippen molar-refractivity contribution in [3.05, 3.63) is 69.7 Å². The number of nitrogens with zero attached hydrogens (tertiary/aromatic N) is 2. The molecular formula is C22H22ClN3O2S. The van der Waals surface area contributed by atoms with Crippen LogP contribution >= 0.6 is 22.9 Å². The highest BCUT2D eigenvalue weighted by Gasteiger charge is 2.17. The Morgan fingerprint density at radius 1 is 1.10 bits per heavy atom. The zero-order chi connectivity index (χ0) is 21.0. The second-order valence-corrected chi connectivity index (χ2v) is 8.13. The van der Waals surface area contributed by atoms with E-state index in [2.05, 4.69) is 10.3 Å². The van der Waals surface area contributed by atoms with Crippen molar-refractivity contribution in [1.82, 2.24) is 9.88 Å². The molecule has 3 rings (SSSR count). The maximum Gasteiger partial charge on any atom is 0.243 e. The first-order valence-corrected chi connectivity index (χ1v) is 10.4. The van der Waals surface area contributed by atoms with Crippen molar-refractivity contribution in [2.24, 2.45) is 0 Å². The summed E-state index contributed by atoms with van der Waals surface area (Å²) in [5, 5.41) is 6.14. The molecule has 150 valence electrons. The number of aromatic nitrogens is 1. The van der Waals surface area contributed by atoms with Crippen molar-refractivity contribution in [2.45, 2.75) is 20.3 Å². The molecule has 0 aliphatic heterocycles. The van der Waals surface area contributed by atoms with Gasteiger partial charge in [0.25, 0.3) is 0 Å². The van der Waals surface area contributed by atoms with Gasteiger partial charge >= 0.3 is 0 Å². The van der Waals surface area contributed by atoms with Crippen LogP contribution in [0, 0.1) is 13.8 Å². The average molecular weight is 428 g/mol. The van der Waals surface area contributed by atoms with Crippen LogP contribution in [-0.2, 0) is 16.0 Å². The van der Waals surface area contributed by atoms with E-state index in [0.29, 0.717) is 10.7 Å². The quantitative estimate of drug-likeness (QED) is 0.619. The highest BCUT2D eigenvalue weighted by atomic mass is 35.5. The molecule has 0 saturated heterocycles. The van der Waals surface area contributed by atoms with Gasteiger partial charge in [-0.05, 0) is 31.0 Å². The molecule has 0 aliphatic carbocycles. The molecule has 5 nitrogen and oxygen atoms in total. The molecule has 2 amide bonds. The van der Waals surface area contributed by atoms with Crippen LogP contribution in [0.3, 0.4) is 0 Å². The molecule has 0 bridgehead atoms. The molecule has 29 heavy (non-hydrogen) atoms. The molecule has 0 aliphatic rings. The Labute approximate surface area is 179 Å². The summed E-state index contributed by atoms with van der Waals surface area (Å²) in [5.74, 6) is -0.397. The lowest BCUT2D eigenvalue weighted by Gasteiger charge is -2.17. The lowest BCUT2D eigenvalue weighted by molar-refractivity contribution is -0.132. The minimum absolute atomic E-state index is 0.0197. The number of halogens is 1. The van der Waals surface area contributed by atoms with Crippen LogP contribution < -0.4 is 5.32 Å². The van der Waals surface area contributed by atoms with Crippen molar-refractivity contribution in [1.29, 1.82) is 0 Å². The minimum atomic E-state index is -0.228. The van der Waals surface area contributed by atoms with Crippen molar-refractivity contribution >= 4 is 40.4 Å². The number of hydrogen-bond donors (Lipinski definition) is 1. The van der Waals surface area contributed by atoms with Crippen LogP contribution in [0.4, 0.5) is 5.69 Å². The summed E-state index contributed by atoms with van der Waals surface area (Å²) in [6, 6.07) is 13.3. The summed E-state index contributed by atoms with van der Waals surface area (Å²) in [6.07, 6.45) is 0.133. The van der Waals surface area contributed by atoms with E-state index in [0.717, 1.165) is 27.4 Å². The largest absolute Gasteiger partial charge is 0.336 e. The van der Waals surface area contributed by atoms with E-state index in [-0.39, 0.29) is 24.8 Å². The maximum absolute atomic E-state index is 12.5. The molecule has 1 aromatic heterocycles. The second-order valence-electron chi connectivity index (χ2n) is 6.87. The monoisotopic (exact) mass is 427 g/mol. The smallest absolute Gasteiger partial charge is 0.243 e. The summed E-state index contributed by atoms with van der Waals surface area (Å²) in [6.45, 7) is 3.86. The summed E-state index contributed by atoms with van der Waals surface area (Å²) >= 11 is 7.66. The first-order chi connectivity index (χ1) is 13.8. The molecule has 0 saturated carbocycles. The van der Waals surface area contributed by atoms with E-state index in [1.165, 1.54) is 16.2 Å². The number of thiazole rings is 1. The van der Waals surface area contributed by atoms with Gasteiger partial charge < -0.3 is 10.2 Å². The third-order valence-electron chi connectivity index (χ3n) is 4.54. The van der Waals surface area contributed by atoms with Crippen molar-refractivity contribution < 1.29 is 9.59 Å². The van der Waals surface area contributed by atoms with Gasteiger partial charge in [-0.2, -0.15) is 0 Å². The van der Waals surface area contributed by atoms with Gasteiger partial charge in [0.05, 0.1) is 23.7 Å². The standard InChI is InChI=1S/C22H22ClN3O2S/c1-14-7-6-8-15(2)21(14)25-19(27)12-26(3)20(28)11-16-13-29-22(24-16)17-9-4-5-10-18(17)23/h4-10,13H,11-12H2,1-3H3,(H,25,27). The number of nitrogens with one attached hydrogen (secondary N) is 1. The second kappa shape index (κ2) is 9.20. The van der Waals surface area contributed by atoms with Crippen LogP contribution in [0.25, 0.3) is 10.6 Å². The van der Waals surface area contributed by atoms with Crippen LogP contribution in [0.2, 0.25) is 5.02 Å². The summed E-state index contributed by atoms with van der Waals surface area (Å²) in [4.78, 5) is 30.8. The van der Waals surface area contributed by atoms with Crippen LogP contribution in [0.5, 0.6) is 0 Å². The molecule has 7 heteroatoms. The van der Waals surface area contributed by atoms with Gasteiger partial charge in [0.2, 0.25) is 11.8 Å². The number of hydrogen-bond acceptors (Lipinski definition) is 4. The van der Waals surface area contributed by atoms with Gasteiger partial charge in [0, 0.05) is 23.7 Å². The Kier molecular flexibility index (Phi) is 6.67. The van der Waals surface area contributed by atoms with Gasteiger partial charge in [0.1, 0.15) is 5.01 Å². The van der Waals surface area contributed by atoms with Crippen molar-refractivity contribution in [3.8, 4) is 10.6 Å². The van der Waals surface area contributed by atoms with Crippen LogP contribution in [0.15, 0.2) is 47.8 Å². The lowest BCUT2D eigenvalue weighted by Crippen LogP contribution is -2.36. The number of carbonyl (C=O) groups excluding carboxylic acids is 2. The van der Waals surface area contributed by atoms with E-state index < -0.39 is 0 Å². The van der Waals surface area contributed by atoms with Crippen LogP contribution in [0.1, 0.15) is 16.8 Å². The van der Waals surface area contributed by atoms with Crippen molar-refractivity contribution in [3.63, 3.8) is 0 Å². The van der Waals surface area contributed by atoms with Gasteiger partial charge in [0.15, 0.2) is 0 Å². The Morgan fingerprint density at radius 2 is 1.79 bits per heavy atom. The maximum atomic E-state index is 12.5. The molecule has 1 N–H and O–H groups in total. The van der Waals surface area contributed by atoms with E-state index >= 15 is 0 Å². The molecule has 2 aromatic carbocycles. The highest BCUT2D eigenvalue weighted by Crippen LogP contribution is 2.30. The number of rotatable bonds is 6. The average Bonchev–Trinajstić information content (AvgIpc) is 3.13. The molecule has 0 fully saturated rings. The molecule has 0 unspecified atom stereocenters. The van der Waals surface area contributed by atoms with Crippen LogP contribution in [-0.4, -0.2) is 35.3 Å². The van der Waals surface area contributed by atoms with Gasteiger partial charge in [-0.25, -0.2) is 4.98 Å². The van der Waals surface area contributed by atoms with E-state index in [4.69, 9.17) is 11.6 Å². The fourth-order valence-electron chi connectivity index (χ4n) is 2.93. The normalized spacial score (nSPS) is 10.6. The summed E-state index contributed by atoms with van der Waals surface area (Å²) in [5.41, 5.74) is 4.28. The Morgan fingerprint density at radius 3 is 2.48 bits per heavy atom. The predicted octanol–water partition coefficient (Wildman–Crippen LogP) is 4.72. The van der Waals surface area contributed by atoms with Gasteiger partial charge in [-0.3, -0.25) is 9.59 Å². The Bertz CT molecular complexity index is 1030. The first-order valence-electron chi connectivity index (χ1n) is 9.14. The number of para-hydroxylation sites is 1. The van der Waals surface area contributed by atoms with Gasteiger partial charge in [-0.15, -0.1) is 11.3 Å². The zero-order valence-electron chi connectivity index (χ0n) is 16.5. The number of anilines is 1. The zero-order valence-corrected chi connectivity index (χ0v) is 18.1.